The van der Waals surface area contributed by atoms with Gasteiger partial charge in [0.25, 0.3) is 0 Å². The van der Waals surface area contributed by atoms with E-state index in [0.717, 1.165) is 19.0 Å². The van der Waals surface area contributed by atoms with Gasteiger partial charge in [-0.2, -0.15) is 0 Å². The highest BCUT2D eigenvalue weighted by Crippen LogP contribution is 2.15. The van der Waals surface area contributed by atoms with Gasteiger partial charge in [-0.25, -0.2) is 0 Å². The summed E-state index contributed by atoms with van der Waals surface area (Å²) in [5, 5.41) is 0. The number of piperidine rings is 1. The largest absolute Gasteiger partial charge is 0.330 e. The first-order chi connectivity index (χ1) is 6.22. The Balaban J connectivity index is 2.18. The third-order valence-electron chi connectivity index (χ3n) is 2.70. The van der Waals surface area contributed by atoms with Gasteiger partial charge in [-0.1, -0.05) is 6.92 Å². The smallest absolute Gasteiger partial charge is 0.148 e. The minimum absolute atomic E-state index is 0.289. The molecule has 0 aromatic carbocycles. The van der Waals surface area contributed by atoms with E-state index in [1.165, 1.54) is 12.8 Å². The molecular formula is C10H20N2O. The van der Waals surface area contributed by atoms with Crippen LogP contribution in [-0.4, -0.2) is 36.9 Å². The average Bonchev–Trinajstić information content (AvgIpc) is 2.09. The topological polar surface area (TPSA) is 46.3 Å². The molecule has 1 rings (SSSR count). The second kappa shape index (κ2) is 5.35. The molecule has 0 amide bonds. The summed E-state index contributed by atoms with van der Waals surface area (Å²) in [7, 11) is 0. The molecule has 1 fully saturated rings. The lowest BCUT2D eigenvalue weighted by molar-refractivity contribution is -0.120. The highest BCUT2D eigenvalue weighted by atomic mass is 16.1. The van der Waals surface area contributed by atoms with Gasteiger partial charge in [-0.3, -0.25) is 9.69 Å². The van der Waals surface area contributed by atoms with Crippen LogP contribution in [0.5, 0.6) is 0 Å². The highest BCUT2D eigenvalue weighted by Gasteiger charge is 2.17. The van der Waals surface area contributed by atoms with Crippen LogP contribution in [-0.2, 0) is 4.79 Å². The molecule has 0 aromatic heterocycles. The number of rotatable bonds is 4. The Hall–Kier alpha value is -0.410. The normalized spacial score (nSPS) is 20.5. The molecule has 0 atom stereocenters. The van der Waals surface area contributed by atoms with Crippen LogP contribution < -0.4 is 5.73 Å². The summed E-state index contributed by atoms with van der Waals surface area (Å²) < 4.78 is 0. The molecule has 1 heterocycles. The number of nitrogens with zero attached hydrogens (tertiary/aromatic N) is 1. The highest BCUT2D eigenvalue weighted by molar-refractivity contribution is 5.80. The van der Waals surface area contributed by atoms with Gasteiger partial charge in [0.2, 0.25) is 0 Å². The van der Waals surface area contributed by atoms with E-state index in [4.69, 9.17) is 5.73 Å². The van der Waals surface area contributed by atoms with E-state index in [1.807, 2.05) is 0 Å². The molecule has 1 saturated heterocycles. The van der Waals surface area contributed by atoms with Gasteiger partial charge in [0.15, 0.2) is 0 Å². The number of hydrogen-bond donors (Lipinski definition) is 1. The number of likely N-dealkylation sites (tertiary alicyclic amines) is 1. The number of nitrogens with two attached hydrogens (primary N) is 1. The first kappa shape index (κ1) is 10.7. The summed E-state index contributed by atoms with van der Waals surface area (Å²) in [6.45, 7) is 5.54. The Morgan fingerprint density at radius 2 is 2.08 bits per heavy atom. The summed E-state index contributed by atoms with van der Waals surface area (Å²) in [6.07, 6.45) is 3.00. The van der Waals surface area contributed by atoms with E-state index in [2.05, 4.69) is 11.8 Å². The Morgan fingerprint density at radius 1 is 1.46 bits per heavy atom. The maximum absolute atomic E-state index is 11.3. The Labute approximate surface area is 80.3 Å². The minimum Gasteiger partial charge on any atom is -0.330 e. The van der Waals surface area contributed by atoms with Crippen LogP contribution in [0.2, 0.25) is 0 Å². The van der Waals surface area contributed by atoms with Crippen molar-refractivity contribution in [1.29, 1.82) is 0 Å². The average molecular weight is 184 g/mol. The second-order valence-electron chi connectivity index (χ2n) is 4.04. The first-order valence-electron chi connectivity index (χ1n) is 5.16. The van der Waals surface area contributed by atoms with Crippen molar-refractivity contribution in [3.63, 3.8) is 0 Å². The number of carbonyl (C=O) groups is 1. The van der Waals surface area contributed by atoms with Crippen molar-refractivity contribution >= 4 is 5.78 Å². The first-order valence-corrected chi connectivity index (χ1v) is 5.16. The second-order valence-corrected chi connectivity index (χ2v) is 4.04. The monoisotopic (exact) mass is 184 g/mol. The Bertz CT molecular complexity index is 162. The van der Waals surface area contributed by atoms with Crippen LogP contribution in [0, 0.1) is 5.92 Å². The molecular weight excluding hydrogens is 164 g/mol. The molecule has 3 nitrogen and oxygen atoms in total. The molecule has 76 valence electrons. The van der Waals surface area contributed by atoms with Crippen LogP contribution >= 0.6 is 0 Å². The van der Waals surface area contributed by atoms with Crippen LogP contribution in [0.1, 0.15) is 26.2 Å². The molecule has 0 bridgehead atoms. The lowest BCUT2D eigenvalue weighted by Gasteiger charge is -2.29. The standard InChI is InChI=1S/C10H20N2O/c1-9-3-6-12(7-4-9)8-10(13)2-5-11/h9H,2-8,11H2,1H3. The van der Waals surface area contributed by atoms with Crippen LogP contribution in [0.15, 0.2) is 0 Å². The third-order valence-corrected chi connectivity index (χ3v) is 2.70. The van der Waals surface area contributed by atoms with Crippen molar-refractivity contribution < 1.29 is 4.79 Å². The maximum Gasteiger partial charge on any atom is 0.148 e. The van der Waals surface area contributed by atoms with Crippen molar-refractivity contribution in [2.24, 2.45) is 11.7 Å². The predicted molar refractivity (Wildman–Crippen MR) is 53.5 cm³/mol. The van der Waals surface area contributed by atoms with E-state index in [1.54, 1.807) is 0 Å². The van der Waals surface area contributed by atoms with E-state index < -0.39 is 0 Å². The van der Waals surface area contributed by atoms with Crippen molar-refractivity contribution in [2.75, 3.05) is 26.2 Å². The predicted octanol–water partition coefficient (Wildman–Crippen LogP) is 0.636. The SMILES string of the molecule is CC1CCN(CC(=O)CCN)CC1. The fraction of sp³-hybridized carbons (Fsp3) is 0.900. The number of Topliss-reactive ketones (excluding diaryl/α,β-unsaturated/α-hetero) is 1. The van der Waals surface area contributed by atoms with Gasteiger partial charge in [0.05, 0.1) is 6.54 Å². The lowest BCUT2D eigenvalue weighted by atomic mass is 9.99. The van der Waals surface area contributed by atoms with Gasteiger partial charge in [-0.05, 0) is 38.4 Å². The van der Waals surface area contributed by atoms with Gasteiger partial charge in [0.1, 0.15) is 5.78 Å². The fourth-order valence-electron chi connectivity index (χ4n) is 1.71. The molecule has 0 spiro atoms. The summed E-state index contributed by atoms with van der Waals surface area (Å²) in [5.41, 5.74) is 5.32. The summed E-state index contributed by atoms with van der Waals surface area (Å²) >= 11 is 0. The lowest BCUT2D eigenvalue weighted by Crippen LogP contribution is -2.37. The zero-order valence-electron chi connectivity index (χ0n) is 8.46. The molecule has 0 aliphatic carbocycles. The van der Waals surface area contributed by atoms with Crippen molar-refractivity contribution in [3.05, 3.63) is 0 Å². The van der Waals surface area contributed by atoms with E-state index in [9.17, 15) is 4.79 Å². The zero-order chi connectivity index (χ0) is 9.68. The van der Waals surface area contributed by atoms with Crippen molar-refractivity contribution in [3.8, 4) is 0 Å². The third kappa shape index (κ3) is 3.87. The summed E-state index contributed by atoms with van der Waals surface area (Å²) in [5.74, 6) is 1.12. The zero-order valence-corrected chi connectivity index (χ0v) is 8.46. The molecule has 0 saturated carbocycles. The molecule has 0 aromatic rings. The molecule has 13 heavy (non-hydrogen) atoms. The van der Waals surface area contributed by atoms with Gasteiger partial charge in [0, 0.05) is 6.42 Å². The fourth-order valence-corrected chi connectivity index (χ4v) is 1.71. The van der Waals surface area contributed by atoms with Crippen LogP contribution in [0.25, 0.3) is 0 Å². The minimum atomic E-state index is 0.289. The molecule has 1 aliphatic heterocycles. The van der Waals surface area contributed by atoms with E-state index in [-0.39, 0.29) is 5.78 Å². The number of ketones is 1. The summed E-state index contributed by atoms with van der Waals surface area (Å²) in [4.78, 5) is 13.5. The molecule has 0 radical (unpaired) electrons. The molecule has 2 N–H and O–H groups in total. The number of carbonyl (C=O) groups excluding carboxylic acids is 1. The van der Waals surface area contributed by atoms with Crippen LogP contribution in [0.3, 0.4) is 0 Å². The van der Waals surface area contributed by atoms with E-state index in [0.29, 0.717) is 19.5 Å². The molecule has 1 aliphatic rings. The van der Waals surface area contributed by atoms with Crippen LogP contribution in [0.4, 0.5) is 0 Å². The Kier molecular flexibility index (Phi) is 4.39. The molecule has 0 unspecified atom stereocenters. The molecule has 3 heteroatoms. The van der Waals surface area contributed by atoms with Gasteiger partial charge >= 0.3 is 0 Å². The Morgan fingerprint density at radius 3 is 2.62 bits per heavy atom. The maximum atomic E-state index is 11.3. The van der Waals surface area contributed by atoms with Crippen molar-refractivity contribution in [2.45, 2.75) is 26.2 Å². The van der Waals surface area contributed by atoms with E-state index >= 15 is 0 Å². The van der Waals surface area contributed by atoms with Crippen molar-refractivity contribution in [1.82, 2.24) is 4.90 Å². The van der Waals surface area contributed by atoms with Gasteiger partial charge < -0.3 is 5.73 Å². The van der Waals surface area contributed by atoms with Gasteiger partial charge in [-0.15, -0.1) is 0 Å². The quantitative estimate of drug-likeness (QED) is 0.697. The summed E-state index contributed by atoms with van der Waals surface area (Å²) in [6, 6.07) is 0. The number of hydrogen-bond acceptors (Lipinski definition) is 3.